The average Bonchev–Trinajstić information content (AvgIpc) is 2.72. The number of nitrogens with zero attached hydrogens (tertiary/aromatic N) is 1. The third-order valence-corrected chi connectivity index (χ3v) is 6.07. The second-order valence-corrected chi connectivity index (χ2v) is 8.26. The van der Waals surface area contributed by atoms with Crippen molar-refractivity contribution in [3.05, 3.63) is 95.6 Å². The number of sulfonamides is 1. The van der Waals surface area contributed by atoms with Crippen LogP contribution in [-0.4, -0.2) is 21.4 Å². The van der Waals surface area contributed by atoms with E-state index in [0.29, 0.717) is 5.56 Å². The molecule has 1 amide bonds. The van der Waals surface area contributed by atoms with Gasteiger partial charge in [-0.15, -0.1) is 0 Å². The molecule has 0 spiro atoms. The summed E-state index contributed by atoms with van der Waals surface area (Å²) >= 11 is 0. The van der Waals surface area contributed by atoms with Crippen molar-refractivity contribution in [1.29, 1.82) is 0 Å². The van der Waals surface area contributed by atoms with Gasteiger partial charge in [0.05, 0.1) is 10.6 Å². The first kappa shape index (κ1) is 20.5. The number of carbonyl (C=O) groups is 1. The summed E-state index contributed by atoms with van der Waals surface area (Å²) < 4.78 is 53.1. The van der Waals surface area contributed by atoms with Crippen LogP contribution in [0.15, 0.2) is 77.7 Å². The van der Waals surface area contributed by atoms with Gasteiger partial charge >= 0.3 is 0 Å². The van der Waals surface area contributed by atoms with Crippen LogP contribution in [0, 0.1) is 11.6 Å². The van der Waals surface area contributed by atoms with Gasteiger partial charge in [0.1, 0.15) is 11.6 Å². The molecule has 0 saturated carbocycles. The highest BCUT2D eigenvalue weighted by molar-refractivity contribution is 7.92. The Bertz CT molecular complexity index is 1130. The first-order chi connectivity index (χ1) is 13.8. The Kier molecular flexibility index (Phi) is 5.93. The highest BCUT2D eigenvalue weighted by Gasteiger charge is 2.22. The van der Waals surface area contributed by atoms with Gasteiger partial charge in [0.2, 0.25) is 0 Å². The lowest BCUT2D eigenvalue weighted by molar-refractivity contribution is 0.0950. The fourth-order valence-electron chi connectivity index (χ4n) is 2.68. The molecule has 0 aliphatic rings. The van der Waals surface area contributed by atoms with Gasteiger partial charge in [-0.05, 0) is 60.2 Å². The molecule has 0 heterocycles. The van der Waals surface area contributed by atoms with E-state index < -0.39 is 27.6 Å². The second-order valence-electron chi connectivity index (χ2n) is 6.29. The van der Waals surface area contributed by atoms with Crippen LogP contribution >= 0.6 is 0 Å². The molecule has 8 heteroatoms. The van der Waals surface area contributed by atoms with E-state index in [1.807, 2.05) is 0 Å². The molecular formula is C21H18F2N2O3S. The first-order valence-corrected chi connectivity index (χ1v) is 10.1. The summed E-state index contributed by atoms with van der Waals surface area (Å²) in [5, 5.41) is 2.63. The van der Waals surface area contributed by atoms with Crippen molar-refractivity contribution < 1.29 is 22.0 Å². The molecule has 29 heavy (non-hydrogen) atoms. The largest absolute Gasteiger partial charge is 0.348 e. The Labute approximate surface area is 167 Å². The number of benzene rings is 3. The number of nitrogens with one attached hydrogen (secondary N) is 1. The maximum atomic E-state index is 13.2. The number of hydrogen-bond acceptors (Lipinski definition) is 3. The van der Waals surface area contributed by atoms with Crippen molar-refractivity contribution >= 4 is 21.6 Å². The van der Waals surface area contributed by atoms with Crippen LogP contribution in [0.5, 0.6) is 0 Å². The Hall–Kier alpha value is -3.26. The van der Waals surface area contributed by atoms with E-state index >= 15 is 0 Å². The van der Waals surface area contributed by atoms with Gasteiger partial charge in [0, 0.05) is 19.2 Å². The number of amides is 1. The summed E-state index contributed by atoms with van der Waals surface area (Å²) in [5.41, 5.74) is 1.01. The predicted octanol–water partition coefficient (Wildman–Crippen LogP) is 3.72. The maximum Gasteiger partial charge on any atom is 0.264 e. The van der Waals surface area contributed by atoms with Crippen molar-refractivity contribution in [3.8, 4) is 0 Å². The lowest BCUT2D eigenvalue weighted by atomic mass is 10.2. The van der Waals surface area contributed by atoms with Crippen LogP contribution in [0.3, 0.4) is 0 Å². The number of anilines is 1. The number of hydrogen-bond donors (Lipinski definition) is 1. The molecule has 3 rings (SSSR count). The van der Waals surface area contributed by atoms with Crippen molar-refractivity contribution in [2.24, 2.45) is 0 Å². The molecule has 0 fully saturated rings. The molecule has 5 nitrogen and oxygen atoms in total. The van der Waals surface area contributed by atoms with Crippen molar-refractivity contribution in [2.75, 3.05) is 11.4 Å². The zero-order valence-electron chi connectivity index (χ0n) is 15.5. The van der Waals surface area contributed by atoms with E-state index in [1.165, 1.54) is 61.6 Å². The minimum absolute atomic E-state index is 0.0808. The third kappa shape index (κ3) is 4.78. The van der Waals surface area contributed by atoms with Crippen LogP contribution in [0.4, 0.5) is 14.5 Å². The lowest BCUT2D eigenvalue weighted by Crippen LogP contribution is -2.27. The zero-order valence-corrected chi connectivity index (χ0v) is 16.3. The van der Waals surface area contributed by atoms with Crippen LogP contribution in [0.25, 0.3) is 0 Å². The van der Waals surface area contributed by atoms with Gasteiger partial charge in [-0.1, -0.05) is 18.2 Å². The monoisotopic (exact) mass is 416 g/mol. The summed E-state index contributed by atoms with van der Waals surface area (Å²) in [6.07, 6.45) is 0. The van der Waals surface area contributed by atoms with Gasteiger partial charge in [-0.25, -0.2) is 17.2 Å². The van der Waals surface area contributed by atoms with Crippen LogP contribution in [-0.2, 0) is 16.6 Å². The summed E-state index contributed by atoms with van der Waals surface area (Å²) in [4.78, 5) is 12.3. The smallest absolute Gasteiger partial charge is 0.264 e. The van der Waals surface area contributed by atoms with Gasteiger partial charge < -0.3 is 5.32 Å². The molecule has 0 aliphatic carbocycles. The van der Waals surface area contributed by atoms with Gasteiger partial charge in [-0.2, -0.15) is 0 Å². The van der Waals surface area contributed by atoms with E-state index in [-0.39, 0.29) is 22.7 Å². The normalized spacial score (nSPS) is 11.1. The molecule has 0 atom stereocenters. The molecule has 0 saturated heterocycles. The minimum atomic E-state index is -3.95. The van der Waals surface area contributed by atoms with Gasteiger partial charge in [0.15, 0.2) is 0 Å². The Morgan fingerprint density at radius 2 is 1.62 bits per heavy atom. The zero-order chi connectivity index (χ0) is 21.0. The number of carbonyl (C=O) groups excluding carboxylic acids is 1. The molecule has 3 aromatic carbocycles. The fraction of sp³-hybridized carbons (Fsp3) is 0.0952. The molecule has 0 aromatic heterocycles. The molecule has 0 bridgehead atoms. The quantitative estimate of drug-likeness (QED) is 0.666. The van der Waals surface area contributed by atoms with Gasteiger partial charge in [0.25, 0.3) is 15.9 Å². The fourth-order valence-corrected chi connectivity index (χ4v) is 3.92. The summed E-state index contributed by atoms with van der Waals surface area (Å²) in [7, 11) is -2.61. The maximum absolute atomic E-state index is 13.2. The highest BCUT2D eigenvalue weighted by atomic mass is 32.2. The Balaban J connectivity index is 1.78. The molecule has 150 valence electrons. The number of halogens is 2. The summed E-state index contributed by atoms with van der Waals surface area (Å²) in [6.45, 7) is 0.100. The topological polar surface area (TPSA) is 66.5 Å². The van der Waals surface area contributed by atoms with Crippen molar-refractivity contribution in [1.82, 2.24) is 5.32 Å². The first-order valence-electron chi connectivity index (χ1n) is 8.64. The van der Waals surface area contributed by atoms with Crippen molar-refractivity contribution in [2.45, 2.75) is 11.4 Å². The van der Waals surface area contributed by atoms with Crippen LogP contribution in [0.2, 0.25) is 0 Å². The molecule has 0 radical (unpaired) electrons. The van der Waals surface area contributed by atoms with Crippen LogP contribution in [0.1, 0.15) is 15.9 Å². The SMILES string of the molecule is CN(c1ccc(F)cc1)S(=O)(=O)c1cccc(C(=O)NCc2cccc(F)c2)c1. The summed E-state index contributed by atoms with van der Waals surface area (Å²) in [6, 6.07) is 16.4. The summed E-state index contributed by atoms with van der Waals surface area (Å²) in [5.74, 6) is -1.37. The molecule has 1 N–H and O–H groups in total. The van der Waals surface area contributed by atoms with Crippen molar-refractivity contribution in [3.63, 3.8) is 0 Å². The van der Waals surface area contributed by atoms with E-state index in [4.69, 9.17) is 0 Å². The minimum Gasteiger partial charge on any atom is -0.348 e. The van der Waals surface area contributed by atoms with E-state index in [2.05, 4.69) is 5.32 Å². The second kappa shape index (κ2) is 8.40. The molecule has 0 unspecified atom stereocenters. The lowest BCUT2D eigenvalue weighted by Gasteiger charge is -2.19. The van der Waals surface area contributed by atoms with Crippen LogP contribution < -0.4 is 9.62 Å². The molecule has 3 aromatic rings. The molecular weight excluding hydrogens is 398 g/mol. The van der Waals surface area contributed by atoms with Gasteiger partial charge in [-0.3, -0.25) is 9.10 Å². The Morgan fingerprint density at radius 1 is 0.931 bits per heavy atom. The highest BCUT2D eigenvalue weighted by Crippen LogP contribution is 2.23. The van der Waals surface area contributed by atoms with E-state index in [1.54, 1.807) is 6.07 Å². The standard InChI is InChI=1S/C21H18F2N2O3S/c1-25(19-10-8-17(22)9-11-19)29(27,28)20-7-3-5-16(13-20)21(26)24-14-15-4-2-6-18(23)12-15/h2-13H,14H2,1H3,(H,24,26). The third-order valence-electron chi connectivity index (χ3n) is 4.29. The molecule has 0 aliphatic heterocycles. The average molecular weight is 416 g/mol. The van der Waals surface area contributed by atoms with E-state index in [0.717, 1.165) is 16.4 Å². The number of rotatable bonds is 6. The Morgan fingerprint density at radius 3 is 2.31 bits per heavy atom. The van der Waals surface area contributed by atoms with E-state index in [9.17, 15) is 22.0 Å². The predicted molar refractivity (Wildman–Crippen MR) is 106 cm³/mol.